The first-order valence-corrected chi connectivity index (χ1v) is 6.75. The second kappa shape index (κ2) is 5.16. The van der Waals surface area contributed by atoms with Crippen LogP contribution < -0.4 is 5.32 Å². The minimum absolute atomic E-state index is 0.788. The lowest BCUT2D eigenvalue weighted by molar-refractivity contribution is 1.19. The summed E-state index contributed by atoms with van der Waals surface area (Å²) in [7, 11) is 0. The molecular weight excluding hydrogens is 256 g/mol. The zero-order valence-electron chi connectivity index (χ0n) is 10.4. The van der Waals surface area contributed by atoms with Crippen molar-refractivity contribution in [2.45, 2.75) is 6.92 Å². The Morgan fingerprint density at radius 1 is 1.16 bits per heavy atom. The molecule has 5 heteroatoms. The second-order valence-corrected chi connectivity index (χ2v) is 4.98. The van der Waals surface area contributed by atoms with Crippen LogP contribution in [0, 0.1) is 6.92 Å². The van der Waals surface area contributed by atoms with Crippen molar-refractivity contribution in [1.82, 2.24) is 15.0 Å². The molecule has 94 valence electrons. The number of nitrogens with one attached hydrogen (secondary N) is 1. The average Bonchev–Trinajstić information content (AvgIpc) is 2.88. The molecule has 0 aliphatic carbocycles. The van der Waals surface area contributed by atoms with Crippen molar-refractivity contribution in [1.29, 1.82) is 0 Å². The Morgan fingerprint density at radius 2 is 2.11 bits per heavy atom. The molecule has 0 bridgehead atoms. The molecule has 0 fully saturated rings. The minimum Gasteiger partial charge on any atom is -0.332 e. The summed E-state index contributed by atoms with van der Waals surface area (Å²) in [4.78, 5) is 12.8. The molecule has 0 aliphatic rings. The van der Waals surface area contributed by atoms with Gasteiger partial charge in [-0.05, 0) is 24.6 Å². The highest BCUT2D eigenvalue weighted by Crippen LogP contribution is 2.25. The van der Waals surface area contributed by atoms with Gasteiger partial charge in [0.1, 0.15) is 11.4 Å². The summed E-state index contributed by atoms with van der Waals surface area (Å²) < 4.78 is 0. The SMILES string of the molecule is Cc1cccc(Nc2nc(-c3cnccn3)cs2)c1. The van der Waals surface area contributed by atoms with Gasteiger partial charge < -0.3 is 5.32 Å². The first-order valence-electron chi connectivity index (χ1n) is 5.87. The summed E-state index contributed by atoms with van der Waals surface area (Å²) >= 11 is 1.56. The van der Waals surface area contributed by atoms with Gasteiger partial charge in [-0.2, -0.15) is 0 Å². The quantitative estimate of drug-likeness (QED) is 0.787. The molecule has 0 saturated heterocycles. The van der Waals surface area contributed by atoms with Crippen molar-refractivity contribution in [3.8, 4) is 11.4 Å². The van der Waals surface area contributed by atoms with Gasteiger partial charge in [-0.3, -0.25) is 9.97 Å². The molecule has 2 aromatic heterocycles. The molecule has 0 atom stereocenters. The van der Waals surface area contributed by atoms with Crippen LogP contribution in [0.2, 0.25) is 0 Å². The number of benzene rings is 1. The highest BCUT2D eigenvalue weighted by atomic mass is 32.1. The van der Waals surface area contributed by atoms with E-state index >= 15 is 0 Å². The zero-order valence-corrected chi connectivity index (χ0v) is 11.2. The molecule has 0 aliphatic heterocycles. The predicted molar refractivity (Wildman–Crippen MR) is 77.6 cm³/mol. The Balaban J connectivity index is 1.82. The van der Waals surface area contributed by atoms with Gasteiger partial charge in [0.2, 0.25) is 0 Å². The Morgan fingerprint density at radius 3 is 2.89 bits per heavy atom. The summed E-state index contributed by atoms with van der Waals surface area (Å²) in [6, 6.07) is 8.20. The van der Waals surface area contributed by atoms with Gasteiger partial charge in [-0.15, -0.1) is 11.3 Å². The lowest BCUT2D eigenvalue weighted by atomic mass is 10.2. The van der Waals surface area contributed by atoms with Crippen molar-refractivity contribution in [2.75, 3.05) is 5.32 Å². The molecule has 0 spiro atoms. The van der Waals surface area contributed by atoms with Crippen molar-refractivity contribution in [3.63, 3.8) is 0 Å². The summed E-state index contributed by atoms with van der Waals surface area (Å²) in [5.74, 6) is 0. The van der Waals surface area contributed by atoms with Gasteiger partial charge in [-0.25, -0.2) is 4.98 Å². The third-order valence-electron chi connectivity index (χ3n) is 2.60. The van der Waals surface area contributed by atoms with Crippen LogP contribution in [0.25, 0.3) is 11.4 Å². The first-order chi connectivity index (χ1) is 9.31. The van der Waals surface area contributed by atoms with Crippen molar-refractivity contribution < 1.29 is 0 Å². The van der Waals surface area contributed by atoms with Crippen LogP contribution in [0.5, 0.6) is 0 Å². The molecule has 1 aromatic carbocycles. The molecule has 0 amide bonds. The number of aromatic nitrogens is 3. The number of rotatable bonds is 3. The van der Waals surface area contributed by atoms with E-state index in [0.29, 0.717) is 0 Å². The maximum absolute atomic E-state index is 4.51. The van der Waals surface area contributed by atoms with Gasteiger partial charge in [-0.1, -0.05) is 12.1 Å². The molecule has 3 aromatic rings. The average molecular weight is 268 g/mol. The Labute approximate surface area is 115 Å². The molecule has 19 heavy (non-hydrogen) atoms. The van der Waals surface area contributed by atoms with Crippen molar-refractivity contribution >= 4 is 22.2 Å². The first kappa shape index (κ1) is 11.8. The van der Waals surface area contributed by atoms with Crippen molar-refractivity contribution in [2.24, 2.45) is 0 Å². The molecule has 3 rings (SSSR count). The number of anilines is 2. The van der Waals surface area contributed by atoms with Gasteiger partial charge in [0.15, 0.2) is 5.13 Å². The monoisotopic (exact) mass is 268 g/mol. The Bertz CT molecular complexity index is 679. The summed E-state index contributed by atoms with van der Waals surface area (Å²) in [5, 5.41) is 6.12. The summed E-state index contributed by atoms with van der Waals surface area (Å²) in [6.07, 6.45) is 5.04. The fourth-order valence-electron chi connectivity index (χ4n) is 1.73. The standard InChI is InChI=1S/C14H12N4S/c1-10-3-2-4-11(7-10)17-14-18-13(9-19-14)12-8-15-5-6-16-12/h2-9H,1H3,(H,17,18). The molecular formula is C14H12N4S. The van der Waals surface area contributed by atoms with E-state index in [4.69, 9.17) is 0 Å². The van der Waals surface area contributed by atoms with E-state index in [1.165, 1.54) is 5.56 Å². The van der Waals surface area contributed by atoms with Gasteiger partial charge >= 0.3 is 0 Å². The van der Waals surface area contributed by atoms with Crippen LogP contribution in [-0.4, -0.2) is 15.0 Å². The number of hydrogen-bond donors (Lipinski definition) is 1. The number of hydrogen-bond acceptors (Lipinski definition) is 5. The maximum atomic E-state index is 4.51. The smallest absolute Gasteiger partial charge is 0.187 e. The van der Waals surface area contributed by atoms with E-state index in [2.05, 4.69) is 39.3 Å². The fraction of sp³-hybridized carbons (Fsp3) is 0.0714. The number of aryl methyl sites for hydroxylation is 1. The van der Waals surface area contributed by atoms with E-state index in [9.17, 15) is 0 Å². The van der Waals surface area contributed by atoms with E-state index in [0.717, 1.165) is 22.2 Å². The lowest BCUT2D eigenvalue weighted by Crippen LogP contribution is -1.90. The van der Waals surface area contributed by atoms with E-state index < -0.39 is 0 Å². The zero-order chi connectivity index (χ0) is 13.1. The third-order valence-corrected chi connectivity index (χ3v) is 3.36. The molecule has 0 unspecified atom stereocenters. The van der Waals surface area contributed by atoms with Gasteiger partial charge in [0, 0.05) is 23.5 Å². The number of nitrogens with zero attached hydrogens (tertiary/aromatic N) is 3. The van der Waals surface area contributed by atoms with Gasteiger partial charge in [0.05, 0.1) is 6.20 Å². The fourth-order valence-corrected chi connectivity index (χ4v) is 2.45. The van der Waals surface area contributed by atoms with E-state index in [1.54, 1.807) is 29.9 Å². The highest BCUT2D eigenvalue weighted by Gasteiger charge is 2.05. The molecule has 1 N–H and O–H groups in total. The van der Waals surface area contributed by atoms with Gasteiger partial charge in [0.25, 0.3) is 0 Å². The maximum Gasteiger partial charge on any atom is 0.187 e. The summed E-state index contributed by atoms with van der Waals surface area (Å²) in [5.41, 5.74) is 3.89. The molecule has 2 heterocycles. The predicted octanol–water partition coefficient (Wildman–Crippen LogP) is 3.65. The summed E-state index contributed by atoms with van der Waals surface area (Å²) in [6.45, 7) is 2.07. The molecule has 0 saturated carbocycles. The molecule has 0 radical (unpaired) electrons. The van der Waals surface area contributed by atoms with E-state index in [1.807, 2.05) is 17.5 Å². The molecule has 4 nitrogen and oxygen atoms in total. The van der Waals surface area contributed by atoms with Crippen LogP contribution in [0.1, 0.15) is 5.56 Å². The van der Waals surface area contributed by atoms with E-state index in [-0.39, 0.29) is 0 Å². The van der Waals surface area contributed by atoms with Crippen molar-refractivity contribution in [3.05, 3.63) is 53.8 Å². The van der Waals surface area contributed by atoms with Crippen LogP contribution in [0.3, 0.4) is 0 Å². The van der Waals surface area contributed by atoms with Crippen LogP contribution in [0.15, 0.2) is 48.2 Å². The second-order valence-electron chi connectivity index (χ2n) is 4.12. The topological polar surface area (TPSA) is 50.7 Å². The largest absolute Gasteiger partial charge is 0.332 e. The lowest BCUT2D eigenvalue weighted by Gasteiger charge is -2.02. The highest BCUT2D eigenvalue weighted by molar-refractivity contribution is 7.14. The number of thiazole rings is 1. The minimum atomic E-state index is 0.788. The third kappa shape index (κ3) is 2.77. The Hall–Kier alpha value is -2.27. The van der Waals surface area contributed by atoms with Crippen LogP contribution in [-0.2, 0) is 0 Å². The Kier molecular flexibility index (Phi) is 3.20. The van der Waals surface area contributed by atoms with Crippen LogP contribution in [0.4, 0.5) is 10.8 Å². The van der Waals surface area contributed by atoms with Crippen LogP contribution >= 0.6 is 11.3 Å². The normalized spacial score (nSPS) is 10.4.